The van der Waals surface area contributed by atoms with E-state index in [1.807, 2.05) is 0 Å². The van der Waals surface area contributed by atoms with Gasteiger partial charge < -0.3 is 9.16 Å². The minimum atomic E-state index is -2.48. The zero-order valence-electron chi connectivity index (χ0n) is 18.8. The van der Waals surface area contributed by atoms with Gasteiger partial charge in [0, 0.05) is 13.5 Å². The van der Waals surface area contributed by atoms with E-state index in [9.17, 15) is 4.79 Å². The van der Waals surface area contributed by atoms with E-state index < -0.39 is 8.32 Å². The Labute approximate surface area is 177 Å². The highest BCUT2D eigenvalue weighted by Gasteiger charge is 2.50. The Morgan fingerprint density at radius 3 is 1.72 bits per heavy atom. The van der Waals surface area contributed by atoms with Gasteiger partial charge in [0.15, 0.2) is 0 Å². The molecule has 158 valence electrons. The minimum Gasteiger partial charge on any atom is -0.466 e. The summed E-state index contributed by atoms with van der Waals surface area (Å²) in [5.41, 5.74) is 0. The summed E-state index contributed by atoms with van der Waals surface area (Å²) >= 11 is 0. The molecular weight excluding hydrogens is 376 g/mol. The van der Waals surface area contributed by atoms with Crippen LogP contribution in [0, 0.1) is 11.8 Å². The van der Waals surface area contributed by atoms with E-state index in [-0.39, 0.29) is 11.0 Å². The van der Waals surface area contributed by atoms with Crippen LogP contribution in [0.4, 0.5) is 0 Å². The quantitative estimate of drug-likeness (QED) is 0.439. The fraction of sp³-hybridized carbons (Fsp3) is 0.480. The number of esters is 1. The Hall–Kier alpha value is -1.91. The highest BCUT2D eigenvalue weighted by Crippen LogP contribution is 2.37. The van der Waals surface area contributed by atoms with Gasteiger partial charge in [-0.3, -0.25) is 4.79 Å². The van der Waals surface area contributed by atoms with Crippen LogP contribution in [-0.4, -0.2) is 27.5 Å². The lowest BCUT2D eigenvalue weighted by Gasteiger charge is -2.43. The smallest absolute Gasteiger partial charge is 0.302 e. The molecule has 0 radical (unpaired) electrons. The van der Waals surface area contributed by atoms with Crippen LogP contribution in [0.3, 0.4) is 0 Å². The van der Waals surface area contributed by atoms with Crippen molar-refractivity contribution in [3.05, 3.63) is 60.7 Å². The lowest BCUT2D eigenvalue weighted by Crippen LogP contribution is -2.66. The van der Waals surface area contributed by atoms with Crippen molar-refractivity contribution < 1.29 is 14.0 Å². The third-order valence-electron chi connectivity index (χ3n) is 5.38. The summed E-state index contributed by atoms with van der Waals surface area (Å²) in [5, 5.41) is 2.59. The number of rotatable bonds is 9. The molecule has 0 aromatic heterocycles. The van der Waals surface area contributed by atoms with Crippen LogP contribution in [-0.2, 0) is 14.0 Å². The second-order valence-corrected chi connectivity index (χ2v) is 13.5. The largest absolute Gasteiger partial charge is 0.466 e. The summed E-state index contributed by atoms with van der Waals surface area (Å²) < 4.78 is 12.2. The molecule has 2 aromatic rings. The second-order valence-electron chi connectivity index (χ2n) is 9.22. The van der Waals surface area contributed by atoms with E-state index in [1.54, 1.807) is 0 Å². The molecule has 3 nitrogen and oxygen atoms in total. The minimum absolute atomic E-state index is 0.0151. The molecular formula is C25H36O3Si. The van der Waals surface area contributed by atoms with E-state index in [1.165, 1.54) is 17.3 Å². The Balaban J connectivity index is 2.28. The topological polar surface area (TPSA) is 35.5 Å². The van der Waals surface area contributed by atoms with Crippen LogP contribution in [0.2, 0.25) is 5.04 Å². The van der Waals surface area contributed by atoms with Gasteiger partial charge >= 0.3 is 5.97 Å². The van der Waals surface area contributed by atoms with Crippen molar-refractivity contribution in [2.45, 2.75) is 53.0 Å². The number of hydrogen-bond acceptors (Lipinski definition) is 3. The maximum atomic E-state index is 11.1. The van der Waals surface area contributed by atoms with Crippen molar-refractivity contribution in [1.29, 1.82) is 0 Å². The summed E-state index contributed by atoms with van der Waals surface area (Å²) in [6, 6.07) is 21.5. The normalized spacial score (nSPS) is 14.3. The first-order chi connectivity index (χ1) is 13.7. The second kappa shape index (κ2) is 10.2. The first-order valence-corrected chi connectivity index (χ1v) is 12.5. The van der Waals surface area contributed by atoms with Gasteiger partial charge in [0.25, 0.3) is 8.32 Å². The highest BCUT2D eigenvalue weighted by atomic mass is 28.4. The zero-order chi connectivity index (χ0) is 21.5. The molecule has 0 heterocycles. The van der Waals surface area contributed by atoms with Crippen LogP contribution in [0.5, 0.6) is 0 Å². The standard InChI is InChI=1S/C25H36O3Si/c1-20(18-27-22(3)26)17-21(2)19-28-29(25(4,5)6,23-13-9-7-10-14-23)24-15-11-8-12-16-24/h7-16,20-21H,17-19H2,1-6H3/t20-,21+/m0/s1. The molecule has 0 saturated heterocycles. The van der Waals surface area contributed by atoms with Gasteiger partial charge in [-0.2, -0.15) is 0 Å². The van der Waals surface area contributed by atoms with Crippen molar-refractivity contribution in [3.8, 4) is 0 Å². The van der Waals surface area contributed by atoms with Crippen molar-refractivity contribution in [2.75, 3.05) is 13.2 Å². The molecule has 0 aliphatic carbocycles. The molecule has 4 heteroatoms. The Morgan fingerprint density at radius 2 is 1.31 bits per heavy atom. The average Bonchev–Trinajstić information content (AvgIpc) is 2.67. The van der Waals surface area contributed by atoms with Crippen LogP contribution in [0.1, 0.15) is 48.0 Å². The Bertz CT molecular complexity index is 713. The van der Waals surface area contributed by atoms with Crippen molar-refractivity contribution in [3.63, 3.8) is 0 Å². The first kappa shape index (κ1) is 23.4. The molecule has 0 bridgehead atoms. The van der Waals surface area contributed by atoms with E-state index in [4.69, 9.17) is 9.16 Å². The molecule has 2 aromatic carbocycles. The van der Waals surface area contributed by atoms with E-state index in [0.717, 1.165) is 6.42 Å². The van der Waals surface area contributed by atoms with Crippen LogP contribution < -0.4 is 10.4 Å². The molecule has 0 unspecified atom stereocenters. The van der Waals surface area contributed by atoms with Gasteiger partial charge in [-0.25, -0.2) is 0 Å². The molecule has 29 heavy (non-hydrogen) atoms. The summed E-state index contributed by atoms with van der Waals surface area (Å²) in [6.07, 6.45) is 0.964. The first-order valence-electron chi connectivity index (χ1n) is 10.5. The molecule has 0 N–H and O–H groups in total. The number of carbonyl (C=O) groups excluding carboxylic acids is 1. The van der Waals surface area contributed by atoms with Gasteiger partial charge in [0.2, 0.25) is 0 Å². The number of ether oxygens (including phenoxy) is 1. The Kier molecular flexibility index (Phi) is 8.23. The van der Waals surface area contributed by atoms with E-state index in [2.05, 4.69) is 95.3 Å². The third-order valence-corrected chi connectivity index (χ3v) is 10.4. The molecule has 0 aliphatic heterocycles. The zero-order valence-corrected chi connectivity index (χ0v) is 19.8. The molecule has 0 saturated carbocycles. The molecule has 0 aliphatic rings. The highest BCUT2D eigenvalue weighted by molar-refractivity contribution is 6.99. The van der Waals surface area contributed by atoms with Gasteiger partial charge in [0.1, 0.15) is 0 Å². The molecule has 2 rings (SSSR count). The van der Waals surface area contributed by atoms with Gasteiger partial charge in [-0.15, -0.1) is 0 Å². The van der Waals surface area contributed by atoms with Gasteiger partial charge in [-0.05, 0) is 33.7 Å². The fourth-order valence-corrected chi connectivity index (χ4v) is 8.80. The van der Waals surface area contributed by atoms with Gasteiger partial charge in [0.05, 0.1) is 6.61 Å². The predicted octanol–water partition coefficient (Wildman–Crippen LogP) is 4.79. The summed E-state index contributed by atoms with van der Waals surface area (Å²) in [4.78, 5) is 11.1. The van der Waals surface area contributed by atoms with Crippen molar-refractivity contribution in [1.82, 2.24) is 0 Å². The summed E-state index contributed by atoms with van der Waals surface area (Å²) in [5.74, 6) is 0.479. The number of benzene rings is 2. The Morgan fingerprint density at radius 1 is 0.862 bits per heavy atom. The fourth-order valence-electron chi connectivity index (χ4n) is 4.11. The maximum Gasteiger partial charge on any atom is 0.302 e. The summed E-state index contributed by atoms with van der Waals surface area (Å²) in [7, 11) is -2.48. The summed E-state index contributed by atoms with van der Waals surface area (Å²) in [6.45, 7) is 13.9. The lowest BCUT2D eigenvalue weighted by atomic mass is 9.99. The van der Waals surface area contributed by atoms with Gasteiger partial charge in [-0.1, -0.05) is 95.3 Å². The molecule has 0 fully saturated rings. The van der Waals surface area contributed by atoms with Crippen molar-refractivity contribution >= 4 is 24.7 Å². The number of carbonyl (C=O) groups is 1. The third kappa shape index (κ3) is 6.03. The van der Waals surface area contributed by atoms with Crippen LogP contribution in [0.15, 0.2) is 60.7 Å². The maximum absolute atomic E-state index is 11.1. The SMILES string of the molecule is CC(=O)OC[C@@H](C)C[C@@H](C)CO[Si](c1ccccc1)(c1ccccc1)C(C)(C)C. The average molecular weight is 413 g/mol. The molecule has 2 atom stereocenters. The van der Waals surface area contributed by atoms with Crippen LogP contribution in [0.25, 0.3) is 0 Å². The van der Waals surface area contributed by atoms with Crippen molar-refractivity contribution in [2.24, 2.45) is 11.8 Å². The predicted molar refractivity (Wildman–Crippen MR) is 123 cm³/mol. The van der Waals surface area contributed by atoms with E-state index >= 15 is 0 Å². The molecule has 0 amide bonds. The number of hydrogen-bond donors (Lipinski definition) is 0. The molecule has 0 spiro atoms. The van der Waals surface area contributed by atoms with Crippen LogP contribution >= 0.6 is 0 Å². The monoisotopic (exact) mass is 412 g/mol. The lowest BCUT2D eigenvalue weighted by molar-refractivity contribution is -0.142. The van der Waals surface area contributed by atoms with E-state index in [0.29, 0.717) is 25.0 Å².